The van der Waals surface area contributed by atoms with E-state index in [-0.39, 0.29) is 11.9 Å². The topological polar surface area (TPSA) is 64.3 Å². The third kappa shape index (κ3) is 3.45. The summed E-state index contributed by atoms with van der Waals surface area (Å²) >= 11 is 0. The minimum atomic E-state index is -0.715. The highest BCUT2D eigenvalue weighted by atomic mass is 16.6. The Balaban J connectivity index is 2.87. The lowest BCUT2D eigenvalue weighted by Gasteiger charge is -2.41. The molecule has 4 heteroatoms. The fourth-order valence-electron chi connectivity index (χ4n) is 2.79. The van der Waals surface area contributed by atoms with E-state index in [1.807, 2.05) is 27.8 Å². The van der Waals surface area contributed by atoms with Crippen molar-refractivity contribution in [3.8, 4) is 0 Å². The van der Waals surface area contributed by atoms with E-state index in [0.717, 1.165) is 12.8 Å². The Kier molecular flexibility index (Phi) is 5.17. The number of hydrogen-bond donors (Lipinski definition) is 2. The summed E-state index contributed by atoms with van der Waals surface area (Å²) in [6.07, 6.45) is 5.72. The Hall–Kier alpha value is -0.610. The molecule has 1 unspecified atom stereocenters. The molecule has 1 aliphatic carbocycles. The predicted molar refractivity (Wildman–Crippen MR) is 73.3 cm³/mol. The van der Waals surface area contributed by atoms with Crippen LogP contribution in [-0.4, -0.2) is 30.7 Å². The zero-order valence-electron chi connectivity index (χ0n) is 12.2. The standard InChI is InChI=1S/C14H28N2O2/c1-13(2,3)18-12(17)14(10-15,16-4)11-8-6-5-7-9-11/h11,16H,5-10,15H2,1-4H3. The van der Waals surface area contributed by atoms with Crippen molar-refractivity contribution in [2.24, 2.45) is 11.7 Å². The first-order valence-corrected chi connectivity index (χ1v) is 6.98. The minimum absolute atomic E-state index is 0.202. The first-order chi connectivity index (χ1) is 8.35. The van der Waals surface area contributed by atoms with Gasteiger partial charge in [-0.2, -0.15) is 0 Å². The lowest BCUT2D eigenvalue weighted by molar-refractivity contribution is -0.166. The van der Waals surface area contributed by atoms with E-state index < -0.39 is 11.1 Å². The van der Waals surface area contributed by atoms with Crippen molar-refractivity contribution < 1.29 is 9.53 Å². The maximum atomic E-state index is 12.5. The SMILES string of the molecule is CNC(CN)(C(=O)OC(C)(C)C)C1CCCCC1. The molecule has 0 aromatic carbocycles. The number of ether oxygens (including phenoxy) is 1. The highest BCUT2D eigenvalue weighted by Crippen LogP contribution is 2.33. The molecule has 0 heterocycles. The van der Waals surface area contributed by atoms with Gasteiger partial charge in [0.2, 0.25) is 0 Å². The Morgan fingerprint density at radius 2 is 1.83 bits per heavy atom. The van der Waals surface area contributed by atoms with Crippen molar-refractivity contribution in [3.63, 3.8) is 0 Å². The van der Waals surface area contributed by atoms with Gasteiger partial charge in [0.05, 0.1) is 0 Å². The smallest absolute Gasteiger partial charge is 0.328 e. The van der Waals surface area contributed by atoms with Gasteiger partial charge in [-0.3, -0.25) is 0 Å². The van der Waals surface area contributed by atoms with E-state index in [2.05, 4.69) is 5.32 Å². The van der Waals surface area contributed by atoms with Gasteiger partial charge in [-0.05, 0) is 46.6 Å². The van der Waals surface area contributed by atoms with Gasteiger partial charge in [0, 0.05) is 6.54 Å². The zero-order valence-corrected chi connectivity index (χ0v) is 12.2. The molecule has 1 rings (SSSR count). The van der Waals surface area contributed by atoms with Gasteiger partial charge < -0.3 is 15.8 Å². The van der Waals surface area contributed by atoms with E-state index in [9.17, 15) is 4.79 Å². The second-order valence-electron chi connectivity index (χ2n) is 6.26. The van der Waals surface area contributed by atoms with Gasteiger partial charge in [-0.1, -0.05) is 19.3 Å². The first kappa shape index (κ1) is 15.4. The molecule has 0 saturated heterocycles. The quantitative estimate of drug-likeness (QED) is 0.753. The second kappa shape index (κ2) is 6.02. The van der Waals surface area contributed by atoms with Crippen LogP contribution in [-0.2, 0) is 9.53 Å². The normalized spacial score (nSPS) is 21.4. The number of carbonyl (C=O) groups is 1. The largest absolute Gasteiger partial charge is 0.459 e. The van der Waals surface area contributed by atoms with Crippen molar-refractivity contribution in [3.05, 3.63) is 0 Å². The average Bonchev–Trinajstić information content (AvgIpc) is 2.30. The Morgan fingerprint density at radius 3 is 2.22 bits per heavy atom. The van der Waals surface area contributed by atoms with Gasteiger partial charge >= 0.3 is 5.97 Å². The van der Waals surface area contributed by atoms with Gasteiger partial charge in [-0.15, -0.1) is 0 Å². The highest BCUT2D eigenvalue weighted by Gasteiger charge is 2.46. The molecule has 106 valence electrons. The molecule has 1 fully saturated rings. The summed E-state index contributed by atoms with van der Waals surface area (Å²) in [5, 5.41) is 3.16. The molecule has 3 N–H and O–H groups in total. The maximum absolute atomic E-state index is 12.5. The molecule has 1 atom stereocenters. The van der Waals surface area contributed by atoms with Gasteiger partial charge in [0.1, 0.15) is 11.1 Å². The molecule has 0 bridgehead atoms. The fraction of sp³-hybridized carbons (Fsp3) is 0.929. The van der Waals surface area contributed by atoms with Crippen molar-refractivity contribution >= 4 is 5.97 Å². The summed E-state index contributed by atoms with van der Waals surface area (Å²) in [5.74, 6) is 0.0861. The number of likely N-dealkylation sites (N-methyl/N-ethyl adjacent to an activating group) is 1. The van der Waals surface area contributed by atoms with Crippen LogP contribution >= 0.6 is 0 Å². The van der Waals surface area contributed by atoms with Crippen molar-refractivity contribution in [1.82, 2.24) is 5.32 Å². The molecular formula is C14H28N2O2. The maximum Gasteiger partial charge on any atom is 0.328 e. The third-order valence-corrected chi connectivity index (χ3v) is 3.83. The lowest BCUT2D eigenvalue weighted by atomic mass is 9.74. The molecule has 1 aliphatic rings. The van der Waals surface area contributed by atoms with Crippen LogP contribution in [0.1, 0.15) is 52.9 Å². The van der Waals surface area contributed by atoms with E-state index in [1.54, 1.807) is 0 Å². The molecule has 0 aromatic heterocycles. The van der Waals surface area contributed by atoms with E-state index in [1.165, 1.54) is 19.3 Å². The summed E-state index contributed by atoms with van der Waals surface area (Å²) in [6, 6.07) is 0. The predicted octanol–water partition coefficient (Wildman–Crippen LogP) is 1.83. The molecule has 0 amide bonds. The van der Waals surface area contributed by atoms with Gasteiger partial charge in [0.25, 0.3) is 0 Å². The van der Waals surface area contributed by atoms with Crippen molar-refractivity contribution in [2.75, 3.05) is 13.6 Å². The number of nitrogens with two attached hydrogens (primary N) is 1. The van der Waals surface area contributed by atoms with Gasteiger partial charge in [0.15, 0.2) is 0 Å². The summed E-state index contributed by atoms with van der Waals surface area (Å²) in [5.41, 5.74) is 4.72. The lowest BCUT2D eigenvalue weighted by Crippen LogP contribution is -2.62. The number of carbonyl (C=O) groups excluding carboxylic acids is 1. The van der Waals surface area contributed by atoms with Gasteiger partial charge in [-0.25, -0.2) is 4.79 Å². The monoisotopic (exact) mass is 256 g/mol. The average molecular weight is 256 g/mol. The number of hydrogen-bond acceptors (Lipinski definition) is 4. The number of rotatable bonds is 4. The zero-order chi connectivity index (χ0) is 13.8. The fourth-order valence-corrected chi connectivity index (χ4v) is 2.79. The van der Waals surface area contributed by atoms with Crippen LogP contribution in [0.2, 0.25) is 0 Å². The number of esters is 1. The van der Waals surface area contributed by atoms with Crippen molar-refractivity contribution in [2.45, 2.75) is 64.0 Å². The molecule has 1 saturated carbocycles. The Bertz CT molecular complexity index is 274. The summed E-state index contributed by atoms with van der Waals surface area (Å²) < 4.78 is 5.56. The molecule has 0 aliphatic heterocycles. The highest BCUT2D eigenvalue weighted by molar-refractivity contribution is 5.82. The van der Waals surface area contributed by atoms with Crippen LogP contribution < -0.4 is 11.1 Å². The second-order valence-corrected chi connectivity index (χ2v) is 6.26. The van der Waals surface area contributed by atoms with Crippen LogP contribution in [0.15, 0.2) is 0 Å². The van der Waals surface area contributed by atoms with E-state index in [4.69, 9.17) is 10.5 Å². The Labute approximate surface area is 111 Å². The molecule has 0 radical (unpaired) electrons. The molecule has 18 heavy (non-hydrogen) atoms. The molecular weight excluding hydrogens is 228 g/mol. The molecule has 0 aromatic rings. The van der Waals surface area contributed by atoms with Crippen molar-refractivity contribution in [1.29, 1.82) is 0 Å². The van der Waals surface area contributed by atoms with Crippen LogP contribution in [0.5, 0.6) is 0 Å². The minimum Gasteiger partial charge on any atom is -0.459 e. The molecule has 4 nitrogen and oxygen atoms in total. The van der Waals surface area contributed by atoms with E-state index in [0.29, 0.717) is 6.54 Å². The third-order valence-electron chi connectivity index (χ3n) is 3.83. The van der Waals surface area contributed by atoms with Crippen LogP contribution in [0.25, 0.3) is 0 Å². The number of nitrogens with one attached hydrogen (secondary N) is 1. The molecule has 0 spiro atoms. The summed E-state index contributed by atoms with van der Waals surface area (Å²) in [6.45, 7) is 5.97. The first-order valence-electron chi connectivity index (χ1n) is 6.98. The van der Waals surface area contributed by atoms with Crippen LogP contribution in [0.3, 0.4) is 0 Å². The van der Waals surface area contributed by atoms with Crippen LogP contribution in [0.4, 0.5) is 0 Å². The summed E-state index contributed by atoms with van der Waals surface area (Å²) in [7, 11) is 1.81. The van der Waals surface area contributed by atoms with Crippen LogP contribution in [0, 0.1) is 5.92 Å². The Morgan fingerprint density at radius 1 is 1.28 bits per heavy atom. The summed E-state index contributed by atoms with van der Waals surface area (Å²) in [4.78, 5) is 12.5. The van der Waals surface area contributed by atoms with E-state index >= 15 is 0 Å².